The minimum atomic E-state index is -3.71. The molecule has 0 aliphatic carbocycles. The number of aryl methyl sites for hydroxylation is 2. The summed E-state index contributed by atoms with van der Waals surface area (Å²) in [6.45, 7) is 3.80. The Morgan fingerprint density at radius 2 is 0.971 bits per heavy atom. The molecule has 0 saturated carbocycles. The highest BCUT2D eigenvalue weighted by molar-refractivity contribution is 7.91. The Labute approximate surface area is 206 Å². The molecule has 0 aliphatic rings. The zero-order valence-corrected chi connectivity index (χ0v) is 20.1. The molecule has 0 saturated heterocycles. The maximum absolute atomic E-state index is 13.1. The van der Waals surface area contributed by atoms with Crippen LogP contribution in [0.3, 0.4) is 0 Å². The van der Waals surface area contributed by atoms with Crippen LogP contribution < -0.4 is 9.47 Å². The van der Waals surface area contributed by atoms with Gasteiger partial charge in [-0.2, -0.15) is 0 Å². The summed E-state index contributed by atoms with van der Waals surface area (Å²) in [6, 6.07) is 23.5. The lowest BCUT2D eigenvalue weighted by atomic mass is 10.1. The molecule has 0 N–H and O–H groups in total. The molecule has 0 radical (unpaired) electrons. The average molecular weight is 479 g/mol. The number of ether oxygens (including phenoxy) is 2. The fourth-order valence-corrected chi connectivity index (χ4v) is 4.73. The molecule has 0 unspecified atom stereocenters. The molecule has 0 amide bonds. The van der Waals surface area contributed by atoms with Gasteiger partial charge in [0, 0.05) is 11.1 Å². The molecule has 0 spiro atoms. The number of hydrogen-bond acceptors (Lipinski definition) is 4. The minimum Gasteiger partial charge on any atom is -0.457 e. The van der Waals surface area contributed by atoms with E-state index in [9.17, 15) is 8.42 Å². The van der Waals surface area contributed by atoms with Gasteiger partial charge >= 0.3 is 0 Å². The van der Waals surface area contributed by atoms with E-state index in [-0.39, 0.29) is 9.79 Å². The van der Waals surface area contributed by atoms with E-state index in [1.54, 1.807) is 48.5 Å². The van der Waals surface area contributed by atoms with Crippen LogP contribution in [0.2, 0.25) is 0 Å². The van der Waals surface area contributed by atoms with E-state index >= 15 is 0 Å². The van der Waals surface area contributed by atoms with Crippen LogP contribution in [0.25, 0.3) is 0 Å². The van der Waals surface area contributed by atoms with E-state index in [2.05, 4.69) is 11.8 Å². The van der Waals surface area contributed by atoms with Gasteiger partial charge in [0.25, 0.3) is 0 Å². The first-order chi connectivity index (χ1) is 16.8. The van der Waals surface area contributed by atoms with E-state index in [1.165, 1.54) is 24.3 Å². The number of hydrogen-bond donors (Lipinski definition) is 0. The van der Waals surface area contributed by atoms with E-state index < -0.39 is 9.84 Å². The first-order valence-corrected chi connectivity index (χ1v) is 12.2. The third-order valence-electron chi connectivity index (χ3n) is 5.41. The zero-order valence-electron chi connectivity index (χ0n) is 19.3. The van der Waals surface area contributed by atoms with Crippen LogP contribution in [0.15, 0.2) is 94.7 Å². The smallest absolute Gasteiger partial charge is 0.206 e. The minimum absolute atomic E-state index is 0.165. The van der Waals surface area contributed by atoms with E-state index in [1.807, 2.05) is 26.0 Å². The van der Waals surface area contributed by atoms with Gasteiger partial charge in [-0.05, 0) is 110 Å². The van der Waals surface area contributed by atoms with Gasteiger partial charge in [0.2, 0.25) is 9.84 Å². The van der Waals surface area contributed by atoms with Gasteiger partial charge < -0.3 is 9.47 Å². The maximum Gasteiger partial charge on any atom is 0.206 e. The summed E-state index contributed by atoms with van der Waals surface area (Å²) in [5, 5.41) is 0. The van der Waals surface area contributed by atoms with Crippen molar-refractivity contribution < 1.29 is 17.9 Å². The van der Waals surface area contributed by atoms with Gasteiger partial charge in [0.05, 0.1) is 9.79 Å². The summed E-state index contributed by atoms with van der Waals surface area (Å²) in [4.78, 5) is 0.331. The summed E-state index contributed by atoms with van der Waals surface area (Å²) < 4.78 is 38.0. The molecule has 0 atom stereocenters. The van der Waals surface area contributed by atoms with E-state index in [0.717, 1.165) is 22.3 Å². The van der Waals surface area contributed by atoms with Crippen molar-refractivity contribution >= 4 is 9.84 Å². The largest absolute Gasteiger partial charge is 0.457 e. The molecule has 0 bridgehead atoms. The Morgan fingerprint density at radius 3 is 1.29 bits per heavy atom. The van der Waals surface area contributed by atoms with Crippen LogP contribution in [0.4, 0.5) is 0 Å². The van der Waals surface area contributed by atoms with Crippen LogP contribution >= 0.6 is 0 Å². The van der Waals surface area contributed by atoms with Crippen molar-refractivity contribution in [2.24, 2.45) is 0 Å². The topological polar surface area (TPSA) is 52.6 Å². The molecular weight excluding hydrogens is 456 g/mol. The highest BCUT2D eigenvalue weighted by Crippen LogP contribution is 2.30. The van der Waals surface area contributed by atoms with Crippen molar-refractivity contribution in [1.82, 2.24) is 0 Å². The first-order valence-electron chi connectivity index (χ1n) is 10.8. The molecule has 0 fully saturated rings. The highest BCUT2D eigenvalue weighted by atomic mass is 32.2. The molecule has 4 nitrogen and oxygen atoms in total. The predicted octanol–water partition coefficient (Wildman–Crippen LogP) is 6.68. The van der Waals surface area contributed by atoms with Crippen LogP contribution in [-0.4, -0.2) is 8.42 Å². The highest BCUT2D eigenvalue weighted by Gasteiger charge is 2.18. The quantitative estimate of drug-likeness (QED) is 0.290. The fourth-order valence-electron chi connectivity index (χ4n) is 3.47. The molecule has 35 heavy (non-hydrogen) atoms. The SMILES string of the molecule is C#Cc1ccc(Oc2ccc(S(=O)(=O)c3ccc(Oc4ccc(C#C)cc4C)cc3)cc2)c(C)c1. The number of benzene rings is 4. The molecule has 0 aliphatic heterocycles. The first kappa shape index (κ1) is 23.7. The average Bonchev–Trinajstić information content (AvgIpc) is 2.87. The second-order valence-corrected chi connectivity index (χ2v) is 9.85. The molecule has 4 rings (SSSR count). The summed E-state index contributed by atoms with van der Waals surface area (Å²) in [7, 11) is -3.71. The summed E-state index contributed by atoms with van der Waals surface area (Å²) >= 11 is 0. The lowest BCUT2D eigenvalue weighted by Gasteiger charge is -2.11. The molecule has 4 aromatic carbocycles. The van der Waals surface area contributed by atoms with Crippen molar-refractivity contribution in [3.8, 4) is 47.7 Å². The second-order valence-electron chi connectivity index (χ2n) is 7.90. The molecule has 4 aromatic rings. The normalized spacial score (nSPS) is 10.7. The van der Waals surface area contributed by atoms with Crippen LogP contribution in [0, 0.1) is 38.5 Å². The summed E-state index contributed by atoms with van der Waals surface area (Å²) in [6.07, 6.45) is 10.8. The van der Waals surface area contributed by atoms with Gasteiger partial charge in [-0.1, -0.05) is 11.8 Å². The van der Waals surface area contributed by atoms with Gasteiger partial charge in [0.15, 0.2) is 0 Å². The Kier molecular flexibility index (Phi) is 6.64. The maximum atomic E-state index is 13.1. The zero-order chi connectivity index (χ0) is 25.0. The Hall–Kier alpha value is -4.45. The summed E-state index contributed by atoms with van der Waals surface area (Å²) in [5.41, 5.74) is 3.32. The lowest BCUT2D eigenvalue weighted by molar-refractivity contribution is 0.478. The monoisotopic (exact) mass is 478 g/mol. The van der Waals surface area contributed by atoms with Crippen LogP contribution in [0.1, 0.15) is 22.3 Å². The fraction of sp³-hybridized carbons (Fsp3) is 0.0667. The van der Waals surface area contributed by atoms with Crippen LogP contribution in [0.5, 0.6) is 23.0 Å². The van der Waals surface area contributed by atoms with Crippen molar-refractivity contribution in [2.45, 2.75) is 23.6 Å². The predicted molar refractivity (Wildman–Crippen MR) is 137 cm³/mol. The standard InChI is InChI=1S/C30H22O4S/c1-5-23-7-17-29(21(3)19-23)33-25-9-13-27(14-10-25)35(31,32)28-15-11-26(12-16-28)34-30-18-8-24(6-2)20-22(30)4/h1-2,7-20H,3-4H3. The van der Waals surface area contributed by atoms with Gasteiger partial charge in [0.1, 0.15) is 23.0 Å². The van der Waals surface area contributed by atoms with E-state index in [0.29, 0.717) is 23.0 Å². The second kappa shape index (κ2) is 9.81. The molecular formula is C30H22O4S. The van der Waals surface area contributed by atoms with Crippen molar-refractivity contribution in [1.29, 1.82) is 0 Å². The van der Waals surface area contributed by atoms with Crippen LogP contribution in [-0.2, 0) is 9.84 Å². The van der Waals surface area contributed by atoms with Crippen molar-refractivity contribution in [2.75, 3.05) is 0 Å². The molecule has 0 heterocycles. The Bertz CT molecular complexity index is 1450. The third kappa shape index (κ3) is 5.22. The molecule has 0 aromatic heterocycles. The van der Waals surface area contributed by atoms with Crippen molar-refractivity contribution in [3.63, 3.8) is 0 Å². The third-order valence-corrected chi connectivity index (χ3v) is 7.19. The van der Waals surface area contributed by atoms with E-state index in [4.69, 9.17) is 22.3 Å². The Morgan fingerprint density at radius 1 is 0.600 bits per heavy atom. The summed E-state index contributed by atoms with van der Waals surface area (Å²) in [5.74, 6) is 7.52. The molecule has 172 valence electrons. The van der Waals surface area contributed by atoms with Gasteiger partial charge in [-0.25, -0.2) is 8.42 Å². The molecule has 5 heteroatoms. The number of rotatable bonds is 6. The Balaban J connectivity index is 1.49. The lowest BCUT2D eigenvalue weighted by Crippen LogP contribution is -2.02. The van der Waals surface area contributed by atoms with Crippen molar-refractivity contribution in [3.05, 3.63) is 107 Å². The van der Waals surface area contributed by atoms with Gasteiger partial charge in [-0.15, -0.1) is 12.8 Å². The van der Waals surface area contributed by atoms with Gasteiger partial charge in [-0.3, -0.25) is 0 Å². The number of sulfone groups is 1. The number of terminal acetylenes is 2.